The van der Waals surface area contributed by atoms with Gasteiger partial charge in [0, 0.05) is 18.5 Å². The van der Waals surface area contributed by atoms with Crippen molar-refractivity contribution in [3.8, 4) is 0 Å². The van der Waals surface area contributed by atoms with Gasteiger partial charge < -0.3 is 10.2 Å². The van der Waals surface area contributed by atoms with E-state index in [9.17, 15) is 0 Å². The van der Waals surface area contributed by atoms with Crippen molar-refractivity contribution in [2.45, 2.75) is 38.5 Å². The van der Waals surface area contributed by atoms with E-state index in [0.29, 0.717) is 6.54 Å². The number of nitrogens with zero attached hydrogens (tertiary/aromatic N) is 1. The van der Waals surface area contributed by atoms with Crippen LogP contribution in [-0.4, -0.2) is 11.5 Å². The lowest BCUT2D eigenvalue weighted by Gasteiger charge is -2.01. The molecule has 0 bridgehead atoms. The molecular weight excluding hydrogens is 308 g/mol. The third-order valence-corrected chi connectivity index (χ3v) is 4.99. The molecule has 1 aliphatic carbocycles. The molecule has 3 aromatic rings. The third kappa shape index (κ3) is 3.38. The number of rotatable bonds is 6. The quantitative estimate of drug-likeness (QED) is 0.667. The van der Waals surface area contributed by atoms with Crippen molar-refractivity contribution >= 4 is 16.7 Å². The van der Waals surface area contributed by atoms with Crippen LogP contribution in [0.15, 0.2) is 53.0 Å². The van der Waals surface area contributed by atoms with E-state index in [1.807, 2.05) is 0 Å². The van der Waals surface area contributed by atoms with Crippen molar-refractivity contribution in [1.82, 2.24) is 4.98 Å². The van der Waals surface area contributed by atoms with Crippen LogP contribution in [0.25, 0.3) is 16.7 Å². The van der Waals surface area contributed by atoms with Gasteiger partial charge in [-0.05, 0) is 54.9 Å². The minimum atomic E-state index is 0.575. The van der Waals surface area contributed by atoms with Crippen LogP contribution in [-0.2, 0) is 19.3 Å². The van der Waals surface area contributed by atoms with Crippen molar-refractivity contribution in [2.24, 2.45) is 5.73 Å². The van der Waals surface area contributed by atoms with Gasteiger partial charge in [-0.2, -0.15) is 0 Å². The molecule has 2 N–H and O–H groups in total. The summed E-state index contributed by atoms with van der Waals surface area (Å²) in [7, 11) is 0. The first kappa shape index (κ1) is 16.1. The third-order valence-electron chi connectivity index (χ3n) is 4.99. The summed E-state index contributed by atoms with van der Waals surface area (Å²) in [5.74, 6) is 0.857. The highest BCUT2D eigenvalue weighted by Gasteiger charge is 2.22. The molecule has 4 rings (SSSR count). The maximum Gasteiger partial charge on any atom is 0.195 e. The van der Waals surface area contributed by atoms with E-state index >= 15 is 0 Å². The van der Waals surface area contributed by atoms with Crippen LogP contribution in [0.5, 0.6) is 0 Å². The summed E-state index contributed by atoms with van der Waals surface area (Å²) in [5, 5.41) is 0. The Bertz CT molecular complexity index is 893. The van der Waals surface area contributed by atoms with E-state index in [1.54, 1.807) is 0 Å². The largest absolute Gasteiger partial charge is 0.440 e. The van der Waals surface area contributed by atoms with Crippen LogP contribution in [0.3, 0.4) is 0 Å². The molecule has 128 valence electrons. The number of nitrogens with two attached hydrogens (primary N) is 1. The topological polar surface area (TPSA) is 52.0 Å². The van der Waals surface area contributed by atoms with E-state index in [4.69, 9.17) is 15.1 Å². The Morgan fingerprint density at radius 1 is 1.00 bits per heavy atom. The lowest BCUT2D eigenvalue weighted by atomic mass is 10.1. The molecule has 0 fully saturated rings. The molecular formula is C22H24N2O. The second-order valence-electron chi connectivity index (χ2n) is 6.71. The number of unbranched alkanes of at least 4 members (excludes halogenated alkanes) is 1. The summed E-state index contributed by atoms with van der Waals surface area (Å²) in [4.78, 5) is 4.70. The van der Waals surface area contributed by atoms with Gasteiger partial charge in [0.15, 0.2) is 11.5 Å². The molecule has 0 amide bonds. The number of aromatic nitrogens is 1. The van der Waals surface area contributed by atoms with Gasteiger partial charge in [-0.15, -0.1) is 0 Å². The number of fused-ring (bicyclic) bond motifs is 3. The Hall–Kier alpha value is -2.39. The fourth-order valence-electron chi connectivity index (χ4n) is 3.74. The first-order valence-electron chi connectivity index (χ1n) is 9.20. The van der Waals surface area contributed by atoms with Crippen LogP contribution in [0.1, 0.15) is 41.8 Å². The second kappa shape index (κ2) is 7.24. The molecule has 2 aromatic carbocycles. The summed E-state index contributed by atoms with van der Waals surface area (Å²) >= 11 is 0. The van der Waals surface area contributed by atoms with Crippen molar-refractivity contribution in [2.75, 3.05) is 6.54 Å². The highest BCUT2D eigenvalue weighted by Crippen LogP contribution is 2.37. The fraction of sp³-hybridized carbons (Fsp3) is 0.318. The standard InChI is InChI=1S/C22H24N2O/c23-15-14-18-11-10-17-12-13-19-22(21(17)18)25-20(24-19)9-5-4-8-16-6-2-1-3-7-16/h1-3,6-7,12-14H,4-5,8-11,15,23H2/b18-14-. The van der Waals surface area contributed by atoms with E-state index in [-0.39, 0.29) is 0 Å². The van der Waals surface area contributed by atoms with Crippen molar-refractivity contribution in [3.63, 3.8) is 0 Å². The van der Waals surface area contributed by atoms with Crippen molar-refractivity contribution < 1.29 is 4.42 Å². The smallest absolute Gasteiger partial charge is 0.195 e. The predicted molar refractivity (Wildman–Crippen MR) is 102 cm³/mol. The molecule has 25 heavy (non-hydrogen) atoms. The molecule has 3 nitrogen and oxygen atoms in total. The van der Waals surface area contributed by atoms with Crippen LogP contribution in [0, 0.1) is 0 Å². The van der Waals surface area contributed by atoms with E-state index in [0.717, 1.165) is 55.5 Å². The van der Waals surface area contributed by atoms with Crippen LogP contribution >= 0.6 is 0 Å². The summed E-state index contributed by atoms with van der Waals surface area (Å²) in [6.07, 6.45) is 8.50. The lowest BCUT2D eigenvalue weighted by molar-refractivity contribution is 0.513. The summed E-state index contributed by atoms with van der Waals surface area (Å²) in [6, 6.07) is 14.9. The van der Waals surface area contributed by atoms with Crippen molar-refractivity contribution in [3.05, 3.63) is 71.1 Å². The maximum atomic E-state index is 6.15. The minimum absolute atomic E-state index is 0.575. The van der Waals surface area contributed by atoms with Gasteiger partial charge in [0.1, 0.15) is 5.52 Å². The first-order chi connectivity index (χ1) is 12.3. The summed E-state index contributed by atoms with van der Waals surface area (Å²) in [6.45, 7) is 0.575. The normalized spacial score (nSPS) is 15.2. The van der Waals surface area contributed by atoms with Gasteiger partial charge in [-0.1, -0.05) is 42.5 Å². The number of hydrogen-bond donors (Lipinski definition) is 1. The highest BCUT2D eigenvalue weighted by molar-refractivity contribution is 5.91. The van der Waals surface area contributed by atoms with Gasteiger partial charge in [0.25, 0.3) is 0 Å². The SMILES string of the molecule is NC/C=C1/CCc2ccc3nc(CCCCc4ccccc4)oc3c21. The van der Waals surface area contributed by atoms with Gasteiger partial charge in [-0.25, -0.2) is 4.98 Å². The molecule has 1 aliphatic rings. The first-order valence-corrected chi connectivity index (χ1v) is 9.20. The molecule has 0 saturated heterocycles. The number of allylic oxidation sites excluding steroid dienone is 1. The van der Waals surface area contributed by atoms with Gasteiger partial charge in [0.2, 0.25) is 0 Å². The highest BCUT2D eigenvalue weighted by atomic mass is 16.3. The van der Waals surface area contributed by atoms with E-state index in [1.165, 1.54) is 22.3 Å². The second-order valence-corrected chi connectivity index (χ2v) is 6.71. The number of hydrogen-bond acceptors (Lipinski definition) is 3. The molecule has 0 aliphatic heterocycles. The number of benzene rings is 2. The Balaban J connectivity index is 1.47. The molecule has 0 radical (unpaired) electrons. The van der Waals surface area contributed by atoms with E-state index < -0.39 is 0 Å². The maximum absolute atomic E-state index is 6.15. The molecule has 0 unspecified atom stereocenters. The number of aryl methyl sites for hydroxylation is 3. The van der Waals surface area contributed by atoms with Crippen molar-refractivity contribution in [1.29, 1.82) is 0 Å². The average molecular weight is 332 g/mol. The fourth-order valence-corrected chi connectivity index (χ4v) is 3.74. The summed E-state index contributed by atoms with van der Waals surface area (Å²) < 4.78 is 6.15. The monoisotopic (exact) mass is 332 g/mol. The lowest BCUT2D eigenvalue weighted by Crippen LogP contribution is -1.94. The van der Waals surface area contributed by atoms with Gasteiger partial charge in [-0.3, -0.25) is 0 Å². The molecule has 0 atom stereocenters. The van der Waals surface area contributed by atoms with E-state index in [2.05, 4.69) is 48.5 Å². The predicted octanol–water partition coefficient (Wildman–Crippen LogP) is 4.68. The zero-order chi connectivity index (χ0) is 17.1. The Morgan fingerprint density at radius 2 is 1.84 bits per heavy atom. The van der Waals surface area contributed by atoms with Crippen LogP contribution in [0.2, 0.25) is 0 Å². The number of oxazole rings is 1. The molecule has 0 saturated carbocycles. The molecule has 1 heterocycles. The van der Waals surface area contributed by atoms with Crippen LogP contribution in [0.4, 0.5) is 0 Å². The van der Waals surface area contributed by atoms with Gasteiger partial charge >= 0.3 is 0 Å². The molecule has 0 spiro atoms. The summed E-state index contributed by atoms with van der Waals surface area (Å²) in [5.41, 5.74) is 13.0. The van der Waals surface area contributed by atoms with Gasteiger partial charge in [0.05, 0.1) is 0 Å². The molecule has 3 heteroatoms. The zero-order valence-electron chi connectivity index (χ0n) is 14.5. The Morgan fingerprint density at radius 3 is 2.68 bits per heavy atom. The Labute approximate surface area is 148 Å². The van der Waals surface area contributed by atoms with Crippen LogP contribution < -0.4 is 5.73 Å². The molecule has 1 aromatic heterocycles. The average Bonchev–Trinajstić information content (AvgIpc) is 3.23. The Kier molecular flexibility index (Phi) is 4.66. The minimum Gasteiger partial charge on any atom is -0.440 e. The zero-order valence-corrected chi connectivity index (χ0v) is 14.5.